The van der Waals surface area contributed by atoms with E-state index >= 15 is 0 Å². The van der Waals surface area contributed by atoms with E-state index in [4.69, 9.17) is 0 Å². The molecule has 0 aliphatic heterocycles. The number of aliphatic hydroxyl groups excluding tert-OH is 1. The highest BCUT2D eigenvalue weighted by Crippen LogP contribution is 2.11. The number of amides is 2. The first-order valence-electron chi connectivity index (χ1n) is 6.91. The molecule has 0 saturated heterocycles. The normalized spacial score (nSPS) is 13.6. The second-order valence-electron chi connectivity index (χ2n) is 5.19. The highest BCUT2D eigenvalue weighted by Gasteiger charge is 2.24. The van der Waals surface area contributed by atoms with Crippen LogP contribution in [0, 0.1) is 5.82 Å². The number of urea groups is 1. The lowest BCUT2D eigenvalue weighted by molar-refractivity contribution is 0.163. The molecule has 1 aromatic carbocycles. The van der Waals surface area contributed by atoms with Crippen LogP contribution in [0.4, 0.5) is 9.18 Å². The standard InChI is InChI=1S/C15H23FN2O2/c1-3-9-15(2,11-19)18-14(20)17-10-8-12-6-4-5-7-13(12)16/h4-7,19H,3,8-11H2,1-2H3,(H2,17,18,20). The van der Waals surface area contributed by atoms with E-state index < -0.39 is 5.54 Å². The van der Waals surface area contributed by atoms with Gasteiger partial charge < -0.3 is 15.7 Å². The molecule has 0 heterocycles. The van der Waals surface area contributed by atoms with Crippen molar-refractivity contribution in [1.29, 1.82) is 0 Å². The summed E-state index contributed by atoms with van der Waals surface area (Å²) in [5.41, 5.74) is -0.0390. The first-order chi connectivity index (χ1) is 9.50. The zero-order chi connectivity index (χ0) is 15.0. The van der Waals surface area contributed by atoms with E-state index in [1.54, 1.807) is 25.1 Å². The van der Waals surface area contributed by atoms with Crippen LogP contribution >= 0.6 is 0 Å². The summed E-state index contributed by atoms with van der Waals surface area (Å²) in [6.07, 6.45) is 2.00. The number of hydrogen-bond donors (Lipinski definition) is 3. The van der Waals surface area contributed by atoms with Gasteiger partial charge in [0.15, 0.2) is 0 Å². The Balaban J connectivity index is 2.38. The second kappa shape index (κ2) is 7.85. The number of rotatable bonds is 7. The highest BCUT2D eigenvalue weighted by atomic mass is 19.1. The molecule has 5 heteroatoms. The quantitative estimate of drug-likeness (QED) is 0.718. The zero-order valence-electron chi connectivity index (χ0n) is 12.1. The lowest BCUT2D eigenvalue weighted by Crippen LogP contribution is -2.52. The lowest BCUT2D eigenvalue weighted by Gasteiger charge is -2.28. The Bertz CT molecular complexity index is 440. The van der Waals surface area contributed by atoms with Crippen LogP contribution in [-0.2, 0) is 6.42 Å². The number of hydrogen-bond acceptors (Lipinski definition) is 2. The van der Waals surface area contributed by atoms with Gasteiger partial charge in [-0.25, -0.2) is 9.18 Å². The first kappa shape index (κ1) is 16.4. The zero-order valence-corrected chi connectivity index (χ0v) is 12.1. The molecule has 1 aromatic rings. The Morgan fingerprint density at radius 3 is 2.70 bits per heavy atom. The number of carbonyl (C=O) groups is 1. The molecular formula is C15H23FN2O2. The molecule has 0 aromatic heterocycles. The predicted octanol–water partition coefficient (Wildman–Crippen LogP) is 2.22. The van der Waals surface area contributed by atoms with Gasteiger partial charge in [-0.2, -0.15) is 0 Å². The molecule has 0 spiro atoms. The van der Waals surface area contributed by atoms with E-state index in [0.717, 1.165) is 6.42 Å². The van der Waals surface area contributed by atoms with Gasteiger partial charge in [-0.1, -0.05) is 31.5 Å². The minimum atomic E-state index is -0.614. The Labute approximate surface area is 119 Å². The van der Waals surface area contributed by atoms with E-state index in [-0.39, 0.29) is 18.5 Å². The molecule has 4 nitrogen and oxygen atoms in total. The van der Waals surface area contributed by atoms with Gasteiger partial charge in [-0.15, -0.1) is 0 Å². The molecule has 1 unspecified atom stereocenters. The molecular weight excluding hydrogens is 259 g/mol. The van der Waals surface area contributed by atoms with Gasteiger partial charge in [-0.05, 0) is 31.4 Å². The monoisotopic (exact) mass is 282 g/mol. The molecule has 0 radical (unpaired) electrons. The summed E-state index contributed by atoms with van der Waals surface area (Å²) in [6, 6.07) is 6.16. The van der Waals surface area contributed by atoms with Crippen LogP contribution in [-0.4, -0.2) is 29.8 Å². The third-order valence-corrected chi connectivity index (χ3v) is 3.20. The van der Waals surface area contributed by atoms with Crippen LogP contribution in [0.1, 0.15) is 32.3 Å². The van der Waals surface area contributed by atoms with Gasteiger partial charge in [0.05, 0.1) is 12.1 Å². The molecule has 1 rings (SSSR count). The number of aliphatic hydroxyl groups is 1. The molecule has 112 valence electrons. The maximum Gasteiger partial charge on any atom is 0.315 e. The minimum Gasteiger partial charge on any atom is -0.394 e. The van der Waals surface area contributed by atoms with E-state index in [9.17, 15) is 14.3 Å². The fraction of sp³-hybridized carbons (Fsp3) is 0.533. The largest absolute Gasteiger partial charge is 0.394 e. The first-order valence-corrected chi connectivity index (χ1v) is 6.91. The van der Waals surface area contributed by atoms with Crippen LogP contribution in [0.5, 0.6) is 0 Å². The van der Waals surface area contributed by atoms with Crippen LogP contribution in [0.2, 0.25) is 0 Å². The van der Waals surface area contributed by atoms with Crippen molar-refractivity contribution in [3.8, 4) is 0 Å². The van der Waals surface area contributed by atoms with Gasteiger partial charge in [0, 0.05) is 6.54 Å². The fourth-order valence-electron chi connectivity index (χ4n) is 2.06. The molecule has 2 amide bonds. The van der Waals surface area contributed by atoms with Crippen LogP contribution in [0.15, 0.2) is 24.3 Å². The van der Waals surface area contributed by atoms with E-state index in [1.807, 2.05) is 6.92 Å². The predicted molar refractivity (Wildman–Crippen MR) is 77.0 cm³/mol. The number of benzene rings is 1. The summed E-state index contributed by atoms with van der Waals surface area (Å²) in [4.78, 5) is 11.7. The summed E-state index contributed by atoms with van der Waals surface area (Å²) in [7, 11) is 0. The number of carbonyl (C=O) groups excluding carboxylic acids is 1. The highest BCUT2D eigenvalue weighted by molar-refractivity contribution is 5.74. The van der Waals surface area contributed by atoms with Gasteiger partial charge in [0.1, 0.15) is 5.82 Å². The number of nitrogens with one attached hydrogen (secondary N) is 2. The molecule has 1 atom stereocenters. The number of halogens is 1. The van der Waals surface area contributed by atoms with E-state index in [1.165, 1.54) is 6.07 Å². The molecule has 0 aliphatic rings. The van der Waals surface area contributed by atoms with Crippen molar-refractivity contribution in [2.45, 2.75) is 38.6 Å². The maximum atomic E-state index is 13.4. The average molecular weight is 282 g/mol. The lowest BCUT2D eigenvalue weighted by atomic mass is 9.98. The maximum absolute atomic E-state index is 13.4. The fourth-order valence-corrected chi connectivity index (χ4v) is 2.06. The third-order valence-electron chi connectivity index (χ3n) is 3.20. The molecule has 0 aliphatic carbocycles. The minimum absolute atomic E-state index is 0.110. The summed E-state index contributed by atoms with van der Waals surface area (Å²) < 4.78 is 13.4. The Morgan fingerprint density at radius 1 is 1.40 bits per heavy atom. The van der Waals surface area contributed by atoms with Crippen LogP contribution in [0.25, 0.3) is 0 Å². The van der Waals surface area contributed by atoms with E-state index in [2.05, 4.69) is 10.6 Å². The Morgan fingerprint density at radius 2 is 2.10 bits per heavy atom. The van der Waals surface area contributed by atoms with Crippen molar-refractivity contribution < 1.29 is 14.3 Å². The Kier molecular flexibility index (Phi) is 6.45. The topological polar surface area (TPSA) is 61.4 Å². The molecule has 20 heavy (non-hydrogen) atoms. The van der Waals surface area contributed by atoms with Gasteiger partial charge >= 0.3 is 6.03 Å². The SMILES string of the molecule is CCCC(C)(CO)NC(=O)NCCc1ccccc1F. The third kappa shape index (κ3) is 5.17. The molecule has 0 fully saturated rings. The van der Waals surface area contributed by atoms with Crippen molar-refractivity contribution in [2.24, 2.45) is 0 Å². The van der Waals surface area contributed by atoms with Gasteiger partial charge in [0.25, 0.3) is 0 Å². The van der Waals surface area contributed by atoms with Gasteiger partial charge in [0.2, 0.25) is 0 Å². The van der Waals surface area contributed by atoms with Crippen molar-refractivity contribution >= 4 is 6.03 Å². The van der Waals surface area contributed by atoms with Crippen molar-refractivity contribution in [3.63, 3.8) is 0 Å². The van der Waals surface area contributed by atoms with Crippen LogP contribution in [0.3, 0.4) is 0 Å². The van der Waals surface area contributed by atoms with E-state index in [0.29, 0.717) is 24.9 Å². The van der Waals surface area contributed by atoms with Gasteiger partial charge in [-0.3, -0.25) is 0 Å². The van der Waals surface area contributed by atoms with Crippen molar-refractivity contribution in [3.05, 3.63) is 35.6 Å². The molecule has 0 bridgehead atoms. The second-order valence-corrected chi connectivity index (χ2v) is 5.19. The van der Waals surface area contributed by atoms with Crippen molar-refractivity contribution in [1.82, 2.24) is 10.6 Å². The summed E-state index contributed by atoms with van der Waals surface area (Å²) in [5, 5.41) is 14.7. The Hall–Kier alpha value is -1.62. The average Bonchev–Trinajstić information content (AvgIpc) is 2.41. The summed E-state index contributed by atoms with van der Waals surface area (Å²) in [6.45, 7) is 4.03. The molecule has 3 N–H and O–H groups in total. The summed E-state index contributed by atoms with van der Waals surface area (Å²) >= 11 is 0. The molecule has 0 saturated carbocycles. The summed E-state index contributed by atoms with van der Waals surface area (Å²) in [5.74, 6) is -0.263. The van der Waals surface area contributed by atoms with Crippen molar-refractivity contribution in [2.75, 3.05) is 13.2 Å². The smallest absolute Gasteiger partial charge is 0.315 e. The van der Waals surface area contributed by atoms with Crippen LogP contribution < -0.4 is 10.6 Å².